The van der Waals surface area contributed by atoms with Gasteiger partial charge in [-0.3, -0.25) is 4.79 Å². The van der Waals surface area contributed by atoms with Crippen molar-refractivity contribution in [3.63, 3.8) is 0 Å². The van der Waals surface area contributed by atoms with E-state index in [1.807, 2.05) is 0 Å². The van der Waals surface area contributed by atoms with E-state index in [9.17, 15) is 4.79 Å². The maximum atomic E-state index is 11.9. The highest BCUT2D eigenvalue weighted by atomic mass is 32.2. The van der Waals surface area contributed by atoms with Gasteiger partial charge in [-0.25, -0.2) is 5.10 Å². The van der Waals surface area contributed by atoms with E-state index in [-0.39, 0.29) is 11.9 Å². The number of hydrogen-bond acceptors (Lipinski definition) is 5. The number of aromatic amines is 1. The van der Waals surface area contributed by atoms with Crippen LogP contribution in [0.2, 0.25) is 0 Å². The van der Waals surface area contributed by atoms with Crippen LogP contribution in [0.4, 0.5) is 5.95 Å². The monoisotopic (exact) mass is 283 g/mol. The molecule has 1 amide bonds. The number of rotatable bonds is 4. The molecule has 0 saturated heterocycles. The van der Waals surface area contributed by atoms with Gasteiger partial charge in [0.25, 0.3) is 0 Å². The number of nitrogens with two attached hydrogens (primary N) is 1. The number of nitrogens with zero attached hydrogens (tertiary/aromatic N) is 2. The normalized spacial score (nSPS) is 17.7. The highest BCUT2D eigenvalue weighted by Gasteiger charge is 2.14. The van der Waals surface area contributed by atoms with Crippen LogP contribution in [0.3, 0.4) is 0 Å². The van der Waals surface area contributed by atoms with Crippen LogP contribution < -0.4 is 11.1 Å². The van der Waals surface area contributed by atoms with Crippen LogP contribution in [0.5, 0.6) is 0 Å². The summed E-state index contributed by atoms with van der Waals surface area (Å²) in [4.78, 5) is 15.8. The predicted molar refractivity (Wildman–Crippen MR) is 75.8 cm³/mol. The first-order valence-corrected chi connectivity index (χ1v) is 7.82. The summed E-state index contributed by atoms with van der Waals surface area (Å²) in [6.07, 6.45) is 8.55. The molecule has 1 aromatic rings. The quantitative estimate of drug-likeness (QED) is 0.731. The van der Waals surface area contributed by atoms with Crippen LogP contribution >= 0.6 is 11.8 Å². The van der Waals surface area contributed by atoms with Gasteiger partial charge in [-0.05, 0) is 12.8 Å². The van der Waals surface area contributed by atoms with Crippen LogP contribution in [0.1, 0.15) is 44.9 Å². The smallest absolute Gasteiger partial charge is 0.230 e. The Morgan fingerprint density at radius 2 is 2.00 bits per heavy atom. The maximum Gasteiger partial charge on any atom is 0.230 e. The largest absolute Gasteiger partial charge is 0.368 e. The van der Waals surface area contributed by atoms with Gasteiger partial charge in [-0.2, -0.15) is 4.98 Å². The maximum absolute atomic E-state index is 11.9. The van der Waals surface area contributed by atoms with Crippen LogP contribution in [-0.4, -0.2) is 32.9 Å². The van der Waals surface area contributed by atoms with Gasteiger partial charge < -0.3 is 11.1 Å². The van der Waals surface area contributed by atoms with Crippen LogP contribution in [0.25, 0.3) is 0 Å². The summed E-state index contributed by atoms with van der Waals surface area (Å²) in [7, 11) is 0. The van der Waals surface area contributed by atoms with Crippen LogP contribution in [0, 0.1) is 0 Å². The van der Waals surface area contributed by atoms with Gasteiger partial charge in [0.2, 0.25) is 17.0 Å². The third-order valence-electron chi connectivity index (χ3n) is 3.28. The summed E-state index contributed by atoms with van der Waals surface area (Å²) in [6, 6.07) is 0.339. The van der Waals surface area contributed by atoms with Crippen molar-refractivity contribution in [2.24, 2.45) is 0 Å². The van der Waals surface area contributed by atoms with E-state index in [0.717, 1.165) is 12.8 Å². The van der Waals surface area contributed by atoms with Crippen molar-refractivity contribution >= 4 is 23.6 Å². The second-order valence-corrected chi connectivity index (χ2v) is 5.84. The molecule has 1 saturated carbocycles. The Hall–Kier alpha value is -1.24. The first-order valence-electron chi connectivity index (χ1n) is 6.84. The Morgan fingerprint density at radius 1 is 1.32 bits per heavy atom. The Morgan fingerprint density at radius 3 is 2.63 bits per heavy atom. The molecule has 19 heavy (non-hydrogen) atoms. The zero-order valence-electron chi connectivity index (χ0n) is 11.0. The molecule has 106 valence electrons. The van der Waals surface area contributed by atoms with Gasteiger partial charge in [-0.15, -0.1) is 5.10 Å². The number of aromatic nitrogens is 3. The highest BCUT2D eigenvalue weighted by Crippen LogP contribution is 2.18. The lowest BCUT2D eigenvalue weighted by atomic mass is 9.97. The fourth-order valence-electron chi connectivity index (χ4n) is 2.32. The fourth-order valence-corrected chi connectivity index (χ4v) is 2.94. The van der Waals surface area contributed by atoms with Crippen molar-refractivity contribution in [3.05, 3.63) is 0 Å². The molecule has 6 nitrogen and oxygen atoms in total. The van der Waals surface area contributed by atoms with E-state index in [0.29, 0.717) is 17.0 Å². The summed E-state index contributed by atoms with van der Waals surface area (Å²) >= 11 is 1.30. The minimum atomic E-state index is 0.0546. The Labute approximate surface area is 117 Å². The van der Waals surface area contributed by atoms with Gasteiger partial charge in [0, 0.05) is 6.04 Å². The summed E-state index contributed by atoms with van der Waals surface area (Å²) in [6.45, 7) is 0. The second-order valence-electron chi connectivity index (χ2n) is 4.90. The molecule has 1 aromatic heterocycles. The average Bonchev–Trinajstić information content (AvgIpc) is 2.76. The van der Waals surface area contributed by atoms with Crippen molar-refractivity contribution in [1.29, 1.82) is 0 Å². The van der Waals surface area contributed by atoms with Crippen molar-refractivity contribution < 1.29 is 4.79 Å². The minimum Gasteiger partial charge on any atom is -0.368 e. The number of thioether (sulfide) groups is 1. The van der Waals surface area contributed by atoms with E-state index in [4.69, 9.17) is 5.73 Å². The number of carbonyl (C=O) groups is 1. The molecule has 0 spiro atoms. The average molecular weight is 283 g/mol. The molecule has 1 aliphatic rings. The standard InChI is InChI=1S/C12H21N5OS/c13-11-15-12(17-16-11)19-8-10(18)14-9-6-4-2-1-3-5-7-9/h9H,1-8H2,(H,14,18)(H3,13,15,16,17). The molecule has 0 unspecified atom stereocenters. The molecular weight excluding hydrogens is 262 g/mol. The highest BCUT2D eigenvalue weighted by molar-refractivity contribution is 7.99. The van der Waals surface area contributed by atoms with E-state index < -0.39 is 0 Å². The number of nitrogens with one attached hydrogen (secondary N) is 2. The zero-order valence-corrected chi connectivity index (χ0v) is 11.8. The molecular formula is C12H21N5OS. The number of hydrogen-bond donors (Lipinski definition) is 3. The third kappa shape index (κ3) is 5.10. The van der Waals surface area contributed by atoms with Crippen LogP contribution in [0.15, 0.2) is 5.16 Å². The topological polar surface area (TPSA) is 96.7 Å². The number of carbonyl (C=O) groups excluding carboxylic acids is 1. The molecule has 0 aliphatic heterocycles. The van der Waals surface area contributed by atoms with Gasteiger partial charge in [0.1, 0.15) is 0 Å². The summed E-state index contributed by atoms with van der Waals surface area (Å²) < 4.78 is 0. The lowest BCUT2D eigenvalue weighted by molar-refractivity contribution is -0.119. The Balaban J connectivity index is 1.70. The molecule has 1 aliphatic carbocycles. The molecule has 4 N–H and O–H groups in total. The van der Waals surface area contributed by atoms with Gasteiger partial charge in [0.05, 0.1) is 5.75 Å². The third-order valence-corrected chi connectivity index (χ3v) is 4.13. The molecule has 1 fully saturated rings. The van der Waals surface area contributed by atoms with Crippen molar-refractivity contribution in [3.8, 4) is 0 Å². The van der Waals surface area contributed by atoms with E-state index in [2.05, 4.69) is 20.5 Å². The molecule has 0 aromatic carbocycles. The number of amides is 1. The predicted octanol–water partition coefficient (Wildman–Crippen LogP) is 1.71. The zero-order chi connectivity index (χ0) is 13.5. The minimum absolute atomic E-state index is 0.0546. The molecule has 0 bridgehead atoms. The van der Waals surface area contributed by atoms with Gasteiger partial charge >= 0.3 is 0 Å². The SMILES string of the molecule is Nc1nc(SCC(=O)NC2CCCCCCC2)n[nH]1. The summed E-state index contributed by atoms with van der Waals surface area (Å²) in [5, 5.41) is 10.1. The molecule has 7 heteroatoms. The summed E-state index contributed by atoms with van der Waals surface area (Å²) in [5.74, 6) is 0.676. The van der Waals surface area contributed by atoms with Gasteiger partial charge in [0.15, 0.2) is 0 Å². The number of nitrogen functional groups attached to an aromatic ring is 1. The number of H-pyrrole nitrogens is 1. The van der Waals surface area contributed by atoms with E-state index in [1.54, 1.807) is 0 Å². The second kappa shape index (κ2) is 7.37. The molecule has 1 heterocycles. The Kier molecular flexibility index (Phi) is 5.50. The lowest BCUT2D eigenvalue weighted by Crippen LogP contribution is -2.36. The van der Waals surface area contributed by atoms with Crippen molar-refractivity contribution in [1.82, 2.24) is 20.5 Å². The van der Waals surface area contributed by atoms with E-state index >= 15 is 0 Å². The fraction of sp³-hybridized carbons (Fsp3) is 0.750. The first-order chi connectivity index (χ1) is 9.24. The first kappa shape index (κ1) is 14.2. The molecule has 0 radical (unpaired) electrons. The van der Waals surface area contributed by atoms with Crippen LogP contribution in [-0.2, 0) is 4.79 Å². The van der Waals surface area contributed by atoms with Crippen molar-refractivity contribution in [2.45, 2.75) is 56.1 Å². The molecule has 0 atom stereocenters. The lowest BCUT2D eigenvalue weighted by Gasteiger charge is -2.20. The van der Waals surface area contributed by atoms with E-state index in [1.165, 1.54) is 43.9 Å². The molecule has 2 rings (SSSR count). The Bertz CT molecular complexity index is 401. The number of anilines is 1. The van der Waals surface area contributed by atoms with Gasteiger partial charge in [-0.1, -0.05) is 43.9 Å². The summed E-state index contributed by atoms with van der Waals surface area (Å²) in [5.41, 5.74) is 5.42. The van der Waals surface area contributed by atoms with Crippen molar-refractivity contribution in [2.75, 3.05) is 11.5 Å².